The number of esters is 1. The molecule has 0 heterocycles. The Morgan fingerprint density at radius 2 is 1.32 bits per heavy atom. The lowest BCUT2D eigenvalue weighted by atomic mass is 9.99. The molecule has 0 bridgehead atoms. The fourth-order valence-corrected chi connectivity index (χ4v) is 4.13. The topological polar surface area (TPSA) is 123 Å². The maximum Gasteiger partial charge on any atom is 0.407 e. The largest absolute Gasteiger partial charge is 0.497 e. The number of aliphatic hydroxyl groups is 1. The van der Waals surface area contributed by atoms with E-state index < -0.39 is 36.2 Å². The van der Waals surface area contributed by atoms with Gasteiger partial charge >= 0.3 is 12.1 Å². The van der Waals surface area contributed by atoms with Gasteiger partial charge < -0.3 is 30.0 Å². The first-order chi connectivity index (χ1) is 19.7. The average Bonchev–Trinajstić information content (AvgIpc) is 2.99. The standard InChI is InChI=1S/C32H38N2O7/c1-22(2)18-28(31(37)40-20-24-10-6-4-7-11-24)33-30(36)29(35)27(19-23-14-16-26(39-3)17-15-23)34-32(38)41-21-25-12-8-5-9-13-25/h4-17,22,27-29,35H,18-21H2,1-3H3,(H,33,36)(H,34,38)/t27-,28+,29+/m1/s1. The predicted octanol–water partition coefficient (Wildman–Crippen LogP) is 4.17. The predicted molar refractivity (Wildman–Crippen MR) is 154 cm³/mol. The van der Waals surface area contributed by atoms with Gasteiger partial charge in [-0.15, -0.1) is 0 Å². The van der Waals surface area contributed by atoms with Crippen molar-refractivity contribution in [3.8, 4) is 5.75 Å². The van der Waals surface area contributed by atoms with Gasteiger partial charge in [0.2, 0.25) is 0 Å². The van der Waals surface area contributed by atoms with E-state index in [1.54, 1.807) is 31.4 Å². The van der Waals surface area contributed by atoms with Gasteiger partial charge in [-0.2, -0.15) is 0 Å². The minimum atomic E-state index is -1.68. The highest BCUT2D eigenvalue weighted by Gasteiger charge is 2.32. The van der Waals surface area contributed by atoms with Crippen molar-refractivity contribution in [3.05, 3.63) is 102 Å². The summed E-state index contributed by atoms with van der Waals surface area (Å²) >= 11 is 0. The summed E-state index contributed by atoms with van der Waals surface area (Å²) in [7, 11) is 1.55. The average molecular weight is 563 g/mol. The lowest BCUT2D eigenvalue weighted by Crippen LogP contribution is -2.55. The van der Waals surface area contributed by atoms with Gasteiger partial charge in [-0.25, -0.2) is 9.59 Å². The second kappa shape index (κ2) is 16.0. The first kappa shape index (κ1) is 31.2. The lowest BCUT2D eigenvalue weighted by Gasteiger charge is -2.26. The lowest BCUT2D eigenvalue weighted by molar-refractivity contribution is -0.150. The number of amides is 2. The minimum Gasteiger partial charge on any atom is -0.497 e. The molecule has 9 nitrogen and oxygen atoms in total. The number of alkyl carbamates (subject to hydrolysis) is 1. The van der Waals surface area contributed by atoms with Gasteiger partial charge in [-0.05, 0) is 47.6 Å². The van der Waals surface area contributed by atoms with Crippen LogP contribution in [0.1, 0.15) is 37.0 Å². The van der Waals surface area contributed by atoms with Crippen molar-refractivity contribution < 1.29 is 33.7 Å². The van der Waals surface area contributed by atoms with Crippen LogP contribution in [0, 0.1) is 5.92 Å². The number of nitrogens with one attached hydrogen (secondary N) is 2. The molecule has 3 aromatic carbocycles. The molecule has 0 aromatic heterocycles. The van der Waals surface area contributed by atoms with E-state index in [2.05, 4.69) is 10.6 Å². The summed E-state index contributed by atoms with van der Waals surface area (Å²) in [5.41, 5.74) is 2.35. The minimum absolute atomic E-state index is 0.0218. The number of carbonyl (C=O) groups is 3. The fraction of sp³-hybridized carbons (Fsp3) is 0.344. The highest BCUT2D eigenvalue weighted by atomic mass is 16.5. The van der Waals surface area contributed by atoms with Crippen LogP contribution in [-0.2, 0) is 38.7 Å². The number of hydrogen-bond acceptors (Lipinski definition) is 7. The van der Waals surface area contributed by atoms with Crippen molar-refractivity contribution in [2.24, 2.45) is 5.92 Å². The smallest absolute Gasteiger partial charge is 0.407 e. The van der Waals surface area contributed by atoms with Gasteiger partial charge in [0.25, 0.3) is 5.91 Å². The summed E-state index contributed by atoms with van der Waals surface area (Å²) in [4.78, 5) is 38.8. The second-order valence-electron chi connectivity index (χ2n) is 10.1. The van der Waals surface area contributed by atoms with Crippen LogP contribution >= 0.6 is 0 Å². The fourth-order valence-electron chi connectivity index (χ4n) is 4.13. The number of aliphatic hydroxyl groups excluding tert-OH is 1. The molecule has 3 N–H and O–H groups in total. The number of hydrogen-bond donors (Lipinski definition) is 3. The Labute approximate surface area is 240 Å². The van der Waals surface area contributed by atoms with Crippen molar-refractivity contribution in [2.45, 2.75) is 58.1 Å². The maximum atomic E-state index is 13.2. The Morgan fingerprint density at radius 3 is 1.85 bits per heavy atom. The van der Waals surface area contributed by atoms with E-state index in [1.165, 1.54) is 0 Å². The van der Waals surface area contributed by atoms with Crippen LogP contribution in [-0.4, -0.2) is 48.4 Å². The zero-order valence-electron chi connectivity index (χ0n) is 23.6. The molecule has 3 rings (SSSR count). The van der Waals surface area contributed by atoms with Crippen LogP contribution in [0.25, 0.3) is 0 Å². The van der Waals surface area contributed by atoms with Crippen LogP contribution in [0.15, 0.2) is 84.9 Å². The molecule has 9 heteroatoms. The molecule has 0 saturated heterocycles. The third-order valence-corrected chi connectivity index (χ3v) is 6.31. The quantitative estimate of drug-likeness (QED) is 0.252. The van der Waals surface area contributed by atoms with E-state index in [1.807, 2.05) is 74.5 Å². The Hall–Kier alpha value is -4.37. The molecule has 3 atom stereocenters. The highest BCUT2D eigenvalue weighted by molar-refractivity contribution is 5.87. The molecular formula is C32H38N2O7. The second-order valence-corrected chi connectivity index (χ2v) is 10.1. The van der Waals surface area contributed by atoms with E-state index in [0.717, 1.165) is 16.7 Å². The van der Waals surface area contributed by atoms with Crippen molar-refractivity contribution >= 4 is 18.0 Å². The summed E-state index contributed by atoms with van der Waals surface area (Å²) in [6.07, 6.45) is -2.05. The molecule has 0 fully saturated rings. The Morgan fingerprint density at radius 1 is 0.756 bits per heavy atom. The number of benzene rings is 3. The van der Waals surface area contributed by atoms with Gasteiger partial charge in [0.1, 0.15) is 25.0 Å². The highest BCUT2D eigenvalue weighted by Crippen LogP contribution is 2.15. The monoisotopic (exact) mass is 562 g/mol. The van der Waals surface area contributed by atoms with Crippen molar-refractivity contribution in [1.82, 2.24) is 10.6 Å². The zero-order valence-corrected chi connectivity index (χ0v) is 23.6. The van der Waals surface area contributed by atoms with Crippen LogP contribution < -0.4 is 15.4 Å². The number of ether oxygens (including phenoxy) is 3. The SMILES string of the molecule is COc1ccc(C[C@@H](NC(=O)OCc2ccccc2)[C@H](O)C(=O)N[C@@H](CC(C)C)C(=O)OCc2ccccc2)cc1. The van der Waals surface area contributed by atoms with Gasteiger partial charge in [0.05, 0.1) is 13.2 Å². The summed E-state index contributed by atoms with van der Waals surface area (Å²) in [5.74, 6) is -0.716. The molecule has 0 aliphatic rings. The normalized spacial score (nSPS) is 13.0. The molecule has 0 spiro atoms. The third kappa shape index (κ3) is 10.6. The Balaban J connectivity index is 1.70. The summed E-state index contributed by atoms with van der Waals surface area (Å²) < 4.78 is 16.0. The van der Waals surface area contributed by atoms with E-state index >= 15 is 0 Å². The van der Waals surface area contributed by atoms with Gasteiger partial charge in [0.15, 0.2) is 6.10 Å². The molecule has 0 aliphatic heterocycles. The Bertz CT molecular complexity index is 1230. The van der Waals surface area contributed by atoms with E-state index in [-0.39, 0.29) is 25.6 Å². The molecule has 218 valence electrons. The van der Waals surface area contributed by atoms with E-state index in [4.69, 9.17) is 14.2 Å². The number of rotatable bonds is 14. The van der Waals surface area contributed by atoms with E-state index in [9.17, 15) is 19.5 Å². The Kier molecular flexibility index (Phi) is 12.2. The molecule has 0 aliphatic carbocycles. The maximum absolute atomic E-state index is 13.2. The molecular weight excluding hydrogens is 524 g/mol. The molecule has 0 unspecified atom stereocenters. The first-order valence-electron chi connectivity index (χ1n) is 13.5. The van der Waals surface area contributed by atoms with Gasteiger partial charge in [-0.1, -0.05) is 86.6 Å². The van der Waals surface area contributed by atoms with Crippen molar-refractivity contribution in [2.75, 3.05) is 7.11 Å². The van der Waals surface area contributed by atoms with E-state index in [0.29, 0.717) is 12.2 Å². The van der Waals surface area contributed by atoms with Crippen LogP contribution in [0.5, 0.6) is 5.75 Å². The van der Waals surface area contributed by atoms with Gasteiger partial charge in [-0.3, -0.25) is 4.79 Å². The zero-order chi connectivity index (χ0) is 29.6. The van der Waals surface area contributed by atoms with Crippen LogP contribution in [0.3, 0.4) is 0 Å². The van der Waals surface area contributed by atoms with Crippen molar-refractivity contribution in [1.29, 1.82) is 0 Å². The number of carbonyl (C=O) groups excluding carboxylic acids is 3. The van der Waals surface area contributed by atoms with Crippen LogP contribution in [0.4, 0.5) is 4.79 Å². The molecule has 41 heavy (non-hydrogen) atoms. The summed E-state index contributed by atoms with van der Waals surface area (Å²) in [6, 6.07) is 23.4. The molecule has 2 amide bonds. The van der Waals surface area contributed by atoms with Gasteiger partial charge in [0, 0.05) is 0 Å². The van der Waals surface area contributed by atoms with Crippen LogP contribution in [0.2, 0.25) is 0 Å². The summed E-state index contributed by atoms with van der Waals surface area (Å²) in [5, 5.41) is 16.3. The first-order valence-corrected chi connectivity index (χ1v) is 13.5. The summed E-state index contributed by atoms with van der Waals surface area (Å²) in [6.45, 7) is 3.91. The molecule has 3 aromatic rings. The molecule has 0 saturated carbocycles. The number of methoxy groups -OCH3 is 1. The molecule has 0 radical (unpaired) electrons. The van der Waals surface area contributed by atoms with Crippen molar-refractivity contribution in [3.63, 3.8) is 0 Å². The third-order valence-electron chi connectivity index (χ3n) is 6.31.